The van der Waals surface area contributed by atoms with E-state index >= 15 is 0 Å². The van der Waals surface area contributed by atoms with Gasteiger partial charge in [0.2, 0.25) is 0 Å². The Kier molecular flexibility index (Phi) is 6.41. The molecule has 0 aliphatic carbocycles. The Balaban J connectivity index is 2.83. The molecule has 0 heterocycles. The molecule has 23 heavy (non-hydrogen) atoms. The highest BCUT2D eigenvalue weighted by Gasteiger charge is 2.31. The Hall–Kier alpha value is -2.25. The number of carbonyl (C=O) groups excluding carboxylic acids is 1. The first-order valence-electron chi connectivity index (χ1n) is 7.04. The second kappa shape index (κ2) is 7.85. The van der Waals surface area contributed by atoms with Gasteiger partial charge >= 0.3 is 18.2 Å². The smallest absolute Gasteiger partial charge is 0.416 e. The summed E-state index contributed by atoms with van der Waals surface area (Å²) in [5.41, 5.74) is -0.447. The fraction of sp³-hybridized carbons (Fsp3) is 0.467. The molecule has 1 aromatic rings. The molecule has 1 aromatic carbocycles. The fourth-order valence-electron chi connectivity index (χ4n) is 2.02. The van der Waals surface area contributed by atoms with E-state index in [1.54, 1.807) is 13.8 Å². The summed E-state index contributed by atoms with van der Waals surface area (Å²) in [5, 5.41) is 13.4. The lowest BCUT2D eigenvalue weighted by Gasteiger charge is -2.24. The van der Waals surface area contributed by atoms with Gasteiger partial charge in [0.25, 0.3) is 0 Å². The van der Waals surface area contributed by atoms with Gasteiger partial charge in [-0.3, -0.25) is 4.79 Å². The van der Waals surface area contributed by atoms with Crippen molar-refractivity contribution in [3.8, 4) is 0 Å². The number of carbonyl (C=O) groups is 2. The van der Waals surface area contributed by atoms with Gasteiger partial charge in [-0.1, -0.05) is 26.0 Å². The van der Waals surface area contributed by atoms with Gasteiger partial charge in [0.1, 0.15) is 0 Å². The summed E-state index contributed by atoms with van der Waals surface area (Å²) in [6.45, 7) is 3.47. The summed E-state index contributed by atoms with van der Waals surface area (Å²) in [4.78, 5) is 22.1. The van der Waals surface area contributed by atoms with Crippen molar-refractivity contribution in [3.05, 3.63) is 35.4 Å². The van der Waals surface area contributed by atoms with Crippen LogP contribution in [0.1, 0.15) is 37.4 Å². The molecule has 128 valence electrons. The zero-order valence-electron chi connectivity index (χ0n) is 12.8. The molecule has 0 aliphatic heterocycles. The third kappa shape index (κ3) is 6.17. The minimum atomic E-state index is -4.46. The van der Waals surface area contributed by atoms with E-state index in [1.165, 1.54) is 12.1 Å². The molecule has 2 amide bonds. The molecule has 0 fully saturated rings. The molecule has 1 rings (SSSR count). The first-order chi connectivity index (χ1) is 10.6. The number of amides is 2. The van der Waals surface area contributed by atoms with Crippen LogP contribution in [0.4, 0.5) is 18.0 Å². The molecule has 0 bridgehead atoms. The van der Waals surface area contributed by atoms with Crippen molar-refractivity contribution in [3.63, 3.8) is 0 Å². The summed E-state index contributed by atoms with van der Waals surface area (Å²) in [5.74, 6) is -1.20. The van der Waals surface area contributed by atoms with E-state index in [-0.39, 0.29) is 18.9 Å². The number of alkyl halides is 3. The van der Waals surface area contributed by atoms with Crippen molar-refractivity contribution in [1.29, 1.82) is 0 Å². The maximum Gasteiger partial charge on any atom is 0.416 e. The average Bonchev–Trinajstić information content (AvgIpc) is 2.43. The Morgan fingerprint density at radius 3 is 2.43 bits per heavy atom. The Morgan fingerprint density at radius 1 is 1.26 bits per heavy atom. The standard InChI is InChI=1S/C15H19F3N2O3/c1-9(2)13(20-14(23)19-7-6-12(21)22)10-4-3-5-11(8-10)15(16,17)18/h3-5,8-9,13H,6-7H2,1-2H3,(H,21,22)(H2,19,20,23). The molecule has 0 aliphatic rings. The number of benzene rings is 1. The topological polar surface area (TPSA) is 78.4 Å². The quantitative estimate of drug-likeness (QED) is 0.749. The fourth-order valence-corrected chi connectivity index (χ4v) is 2.02. The van der Waals surface area contributed by atoms with Gasteiger partial charge in [-0.25, -0.2) is 4.79 Å². The lowest BCUT2D eigenvalue weighted by molar-refractivity contribution is -0.138. The van der Waals surface area contributed by atoms with Gasteiger partial charge in [0.15, 0.2) is 0 Å². The van der Waals surface area contributed by atoms with Crippen molar-refractivity contribution in [2.45, 2.75) is 32.5 Å². The van der Waals surface area contributed by atoms with Crippen LogP contribution in [0.15, 0.2) is 24.3 Å². The minimum absolute atomic E-state index is 0.0609. The Labute approximate surface area is 131 Å². The van der Waals surface area contributed by atoms with Crippen LogP contribution in [0.3, 0.4) is 0 Å². The molecule has 0 aromatic heterocycles. The van der Waals surface area contributed by atoms with Crippen molar-refractivity contribution < 1.29 is 27.9 Å². The van der Waals surface area contributed by atoms with Crippen molar-refractivity contribution >= 4 is 12.0 Å². The second-order valence-electron chi connectivity index (χ2n) is 5.39. The zero-order valence-corrected chi connectivity index (χ0v) is 12.8. The average molecular weight is 332 g/mol. The summed E-state index contributed by atoms with van der Waals surface area (Å²) in [7, 11) is 0. The normalized spacial score (nSPS) is 12.8. The molecular weight excluding hydrogens is 313 g/mol. The van der Waals surface area contributed by atoms with Crippen LogP contribution in [0, 0.1) is 5.92 Å². The van der Waals surface area contributed by atoms with E-state index < -0.39 is 29.8 Å². The van der Waals surface area contributed by atoms with Crippen molar-refractivity contribution in [1.82, 2.24) is 10.6 Å². The lowest BCUT2D eigenvalue weighted by Crippen LogP contribution is -2.40. The van der Waals surface area contributed by atoms with Gasteiger partial charge in [0, 0.05) is 6.54 Å². The number of hydrogen-bond acceptors (Lipinski definition) is 2. The Morgan fingerprint density at radius 2 is 1.91 bits per heavy atom. The van der Waals surface area contributed by atoms with Crippen LogP contribution in [0.2, 0.25) is 0 Å². The highest BCUT2D eigenvalue weighted by Crippen LogP contribution is 2.32. The van der Waals surface area contributed by atoms with Crippen molar-refractivity contribution in [2.75, 3.05) is 6.54 Å². The molecule has 0 spiro atoms. The first-order valence-corrected chi connectivity index (χ1v) is 7.04. The van der Waals surface area contributed by atoms with Crippen LogP contribution in [0.5, 0.6) is 0 Å². The predicted molar refractivity (Wildman–Crippen MR) is 77.8 cm³/mol. The summed E-state index contributed by atoms with van der Waals surface area (Å²) in [6, 6.07) is 3.52. The maximum atomic E-state index is 12.8. The predicted octanol–water partition coefficient (Wildman–Crippen LogP) is 3.18. The van der Waals surface area contributed by atoms with Crippen molar-refractivity contribution in [2.24, 2.45) is 5.92 Å². The number of hydrogen-bond donors (Lipinski definition) is 3. The van der Waals surface area contributed by atoms with E-state index in [4.69, 9.17) is 5.11 Å². The molecule has 0 saturated heterocycles. The lowest BCUT2D eigenvalue weighted by atomic mass is 9.94. The number of aliphatic carboxylic acids is 1. The molecule has 8 heteroatoms. The number of rotatable bonds is 6. The van der Waals surface area contributed by atoms with E-state index in [9.17, 15) is 22.8 Å². The van der Waals surface area contributed by atoms with Gasteiger partial charge in [-0.2, -0.15) is 13.2 Å². The number of carboxylic acid groups (broad SMARTS) is 1. The summed E-state index contributed by atoms with van der Waals surface area (Å²) < 4.78 is 38.3. The van der Waals surface area contributed by atoms with Crippen LogP contribution in [-0.2, 0) is 11.0 Å². The minimum Gasteiger partial charge on any atom is -0.481 e. The van der Waals surface area contributed by atoms with E-state index in [2.05, 4.69) is 10.6 Å². The largest absolute Gasteiger partial charge is 0.481 e. The van der Waals surface area contributed by atoms with Gasteiger partial charge in [0.05, 0.1) is 18.0 Å². The van der Waals surface area contributed by atoms with Crippen LogP contribution >= 0.6 is 0 Å². The highest BCUT2D eigenvalue weighted by molar-refractivity contribution is 5.75. The molecule has 1 atom stereocenters. The van der Waals surface area contributed by atoms with Crippen LogP contribution in [0.25, 0.3) is 0 Å². The molecular formula is C15H19F3N2O3. The summed E-state index contributed by atoms with van der Waals surface area (Å²) >= 11 is 0. The first kappa shape index (κ1) is 18.8. The molecule has 1 unspecified atom stereocenters. The van der Waals surface area contributed by atoms with Gasteiger partial charge < -0.3 is 15.7 Å². The zero-order chi connectivity index (χ0) is 17.6. The molecule has 3 N–H and O–H groups in total. The molecule has 0 radical (unpaired) electrons. The van der Waals surface area contributed by atoms with Gasteiger partial charge in [-0.05, 0) is 23.6 Å². The number of carboxylic acids is 1. The SMILES string of the molecule is CC(C)C(NC(=O)NCCC(=O)O)c1cccc(C(F)(F)F)c1. The molecule has 5 nitrogen and oxygen atoms in total. The third-order valence-electron chi connectivity index (χ3n) is 3.15. The number of halogens is 3. The van der Waals surface area contributed by atoms with Crippen LogP contribution in [-0.4, -0.2) is 23.7 Å². The maximum absolute atomic E-state index is 12.8. The second-order valence-corrected chi connectivity index (χ2v) is 5.39. The third-order valence-corrected chi connectivity index (χ3v) is 3.15. The van der Waals surface area contributed by atoms with Gasteiger partial charge in [-0.15, -0.1) is 0 Å². The van der Waals surface area contributed by atoms with E-state index in [0.29, 0.717) is 5.56 Å². The monoisotopic (exact) mass is 332 g/mol. The van der Waals surface area contributed by atoms with Crippen LogP contribution < -0.4 is 10.6 Å². The van der Waals surface area contributed by atoms with E-state index in [0.717, 1.165) is 12.1 Å². The summed E-state index contributed by atoms with van der Waals surface area (Å²) in [6.07, 6.45) is -4.69. The number of nitrogens with one attached hydrogen (secondary N) is 2. The molecule has 0 saturated carbocycles. The number of urea groups is 1. The van der Waals surface area contributed by atoms with E-state index in [1.807, 2.05) is 0 Å². The highest BCUT2D eigenvalue weighted by atomic mass is 19.4. The Bertz CT molecular complexity index is 559.